The van der Waals surface area contributed by atoms with Gasteiger partial charge in [0.05, 0.1) is 11.6 Å². The monoisotopic (exact) mass is 538 g/mol. The second-order valence-electron chi connectivity index (χ2n) is 10.2. The van der Waals surface area contributed by atoms with Gasteiger partial charge in [0.25, 0.3) is 0 Å². The number of aliphatic imine (C=N–C) groups is 2. The molecule has 0 spiro atoms. The van der Waals surface area contributed by atoms with Crippen molar-refractivity contribution in [1.82, 2.24) is 5.32 Å². The zero-order chi connectivity index (χ0) is 28.3. The lowest BCUT2D eigenvalue weighted by Crippen LogP contribution is -2.33. The van der Waals surface area contributed by atoms with Gasteiger partial charge >= 0.3 is 0 Å². The summed E-state index contributed by atoms with van der Waals surface area (Å²) in [4.78, 5) is 10.3. The highest BCUT2D eigenvalue weighted by Gasteiger charge is 2.24. The van der Waals surface area contributed by atoms with E-state index in [1.165, 1.54) is 0 Å². The minimum Gasteiger partial charge on any atom is -0.344 e. The SMILES string of the molecule is N#Cc1ccc(-c2ccccc2-c2c(C3=NC(c4ccccc4)NC(c4ccccc4)=N3)ccc3ccccc23)cc1. The Morgan fingerprint density at radius 2 is 1.24 bits per heavy atom. The number of hydrogen-bond donors (Lipinski definition) is 1. The molecule has 1 aliphatic rings. The fourth-order valence-corrected chi connectivity index (χ4v) is 5.54. The van der Waals surface area contributed by atoms with Crippen molar-refractivity contribution in [3.8, 4) is 28.3 Å². The molecule has 0 fully saturated rings. The lowest BCUT2D eigenvalue weighted by molar-refractivity contribution is 0.674. The number of nitrogens with one attached hydrogen (secondary N) is 1. The van der Waals surface area contributed by atoms with E-state index in [1.54, 1.807) is 0 Å². The summed E-state index contributed by atoms with van der Waals surface area (Å²) >= 11 is 0. The number of fused-ring (bicyclic) bond motifs is 1. The van der Waals surface area contributed by atoms with Crippen molar-refractivity contribution < 1.29 is 0 Å². The van der Waals surface area contributed by atoms with Gasteiger partial charge in [-0.05, 0) is 51.2 Å². The van der Waals surface area contributed by atoms with E-state index in [2.05, 4.69) is 96.3 Å². The van der Waals surface area contributed by atoms with E-state index in [4.69, 9.17) is 9.98 Å². The van der Waals surface area contributed by atoms with Gasteiger partial charge in [-0.15, -0.1) is 0 Å². The van der Waals surface area contributed by atoms with Gasteiger partial charge in [0.15, 0.2) is 5.84 Å². The average Bonchev–Trinajstić information content (AvgIpc) is 3.08. The van der Waals surface area contributed by atoms with E-state index in [9.17, 15) is 5.26 Å². The second kappa shape index (κ2) is 11.0. The largest absolute Gasteiger partial charge is 0.344 e. The van der Waals surface area contributed by atoms with Gasteiger partial charge in [-0.2, -0.15) is 5.26 Å². The van der Waals surface area contributed by atoms with E-state index in [1.807, 2.05) is 60.7 Å². The van der Waals surface area contributed by atoms with E-state index < -0.39 is 0 Å². The van der Waals surface area contributed by atoms with Crippen LogP contribution in [0.1, 0.15) is 28.4 Å². The fraction of sp³-hybridized carbons (Fsp3) is 0.0263. The summed E-state index contributed by atoms with van der Waals surface area (Å²) in [6.45, 7) is 0. The molecule has 7 rings (SSSR count). The number of benzene rings is 6. The molecule has 42 heavy (non-hydrogen) atoms. The topological polar surface area (TPSA) is 60.5 Å². The van der Waals surface area contributed by atoms with E-state index >= 15 is 0 Å². The van der Waals surface area contributed by atoms with Crippen LogP contribution in [0.15, 0.2) is 156 Å². The Labute approximate surface area is 245 Å². The first-order valence-electron chi connectivity index (χ1n) is 13.9. The van der Waals surface area contributed by atoms with Crippen LogP contribution in [0.25, 0.3) is 33.0 Å². The van der Waals surface area contributed by atoms with Crippen LogP contribution >= 0.6 is 0 Å². The third kappa shape index (κ3) is 4.74. The van der Waals surface area contributed by atoms with Gasteiger partial charge in [0.2, 0.25) is 0 Å². The molecule has 0 saturated heterocycles. The molecule has 0 saturated carbocycles. The smallest absolute Gasteiger partial charge is 0.160 e. The van der Waals surface area contributed by atoms with E-state index in [0.717, 1.165) is 55.6 Å². The van der Waals surface area contributed by atoms with Crippen LogP contribution in [-0.2, 0) is 0 Å². The maximum atomic E-state index is 9.36. The molecular weight excluding hydrogens is 512 g/mol. The average molecular weight is 539 g/mol. The molecule has 1 aliphatic heterocycles. The lowest BCUT2D eigenvalue weighted by atomic mass is 9.87. The lowest BCUT2D eigenvalue weighted by Gasteiger charge is -2.25. The normalized spacial score (nSPS) is 14.4. The third-order valence-corrected chi connectivity index (χ3v) is 7.60. The molecule has 0 bridgehead atoms. The maximum Gasteiger partial charge on any atom is 0.160 e. The predicted octanol–water partition coefficient (Wildman–Crippen LogP) is 8.54. The van der Waals surface area contributed by atoms with Crippen LogP contribution in [0.4, 0.5) is 0 Å². The van der Waals surface area contributed by atoms with Gasteiger partial charge < -0.3 is 5.32 Å². The molecule has 6 aromatic rings. The highest BCUT2D eigenvalue weighted by molar-refractivity contribution is 6.19. The Morgan fingerprint density at radius 1 is 0.571 bits per heavy atom. The summed E-state index contributed by atoms with van der Waals surface area (Å²) in [5.74, 6) is 1.46. The van der Waals surface area contributed by atoms with E-state index in [0.29, 0.717) is 11.4 Å². The van der Waals surface area contributed by atoms with Crippen LogP contribution in [0.5, 0.6) is 0 Å². The Hall–Kier alpha value is -5.79. The van der Waals surface area contributed by atoms with Gasteiger partial charge in [0.1, 0.15) is 12.0 Å². The minimum absolute atomic E-state index is 0.290. The van der Waals surface area contributed by atoms with Crippen LogP contribution in [0, 0.1) is 11.3 Å². The Balaban J connectivity index is 1.48. The number of hydrogen-bond acceptors (Lipinski definition) is 4. The van der Waals surface area contributed by atoms with Crippen molar-refractivity contribution in [2.45, 2.75) is 6.17 Å². The molecule has 0 aromatic heterocycles. The summed E-state index contributed by atoms with van der Waals surface area (Å²) in [6, 6.07) is 51.7. The first-order valence-corrected chi connectivity index (χ1v) is 13.9. The summed E-state index contributed by atoms with van der Waals surface area (Å²) in [5, 5.41) is 15.2. The highest BCUT2D eigenvalue weighted by Crippen LogP contribution is 2.39. The quantitative estimate of drug-likeness (QED) is 0.239. The maximum absolute atomic E-state index is 9.36. The predicted molar refractivity (Wildman–Crippen MR) is 171 cm³/mol. The van der Waals surface area contributed by atoms with Crippen molar-refractivity contribution in [2.75, 3.05) is 0 Å². The van der Waals surface area contributed by atoms with Crippen LogP contribution in [0.2, 0.25) is 0 Å². The van der Waals surface area contributed by atoms with Gasteiger partial charge in [0, 0.05) is 16.7 Å². The van der Waals surface area contributed by atoms with Crippen molar-refractivity contribution >= 4 is 22.4 Å². The van der Waals surface area contributed by atoms with Crippen LogP contribution in [0.3, 0.4) is 0 Å². The zero-order valence-corrected chi connectivity index (χ0v) is 22.8. The van der Waals surface area contributed by atoms with E-state index in [-0.39, 0.29) is 6.17 Å². The van der Waals surface area contributed by atoms with Crippen molar-refractivity contribution in [3.05, 3.63) is 168 Å². The molecule has 1 heterocycles. The molecular formula is C38H26N4. The molecule has 1 atom stereocenters. The zero-order valence-electron chi connectivity index (χ0n) is 22.8. The van der Waals surface area contributed by atoms with Crippen molar-refractivity contribution in [2.24, 2.45) is 9.98 Å². The molecule has 4 heteroatoms. The van der Waals surface area contributed by atoms with Crippen LogP contribution in [-0.4, -0.2) is 11.7 Å². The third-order valence-electron chi connectivity index (χ3n) is 7.60. The fourth-order valence-electron chi connectivity index (χ4n) is 5.54. The summed E-state index contributed by atoms with van der Waals surface area (Å²) in [5.41, 5.74) is 7.98. The number of nitriles is 1. The summed E-state index contributed by atoms with van der Waals surface area (Å²) in [6.07, 6.45) is -0.290. The molecule has 0 amide bonds. The van der Waals surface area contributed by atoms with Crippen molar-refractivity contribution in [3.63, 3.8) is 0 Å². The molecule has 1 N–H and O–H groups in total. The van der Waals surface area contributed by atoms with Gasteiger partial charge in [-0.3, -0.25) is 0 Å². The van der Waals surface area contributed by atoms with Gasteiger partial charge in [-0.1, -0.05) is 127 Å². The summed E-state index contributed by atoms with van der Waals surface area (Å²) < 4.78 is 0. The van der Waals surface area contributed by atoms with Crippen LogP contribution < -0.4 is 5.32 Å². The summed E-state index contributed by atoms with van der Waals surface area (Å²) in [7, 11) is 0. The Kier molecular flexibility index (Phi) is 6.60. The molecule has 4 nitrogen and oxygen atoms in total. The Morgan fingerprint density at radius 3 is 2.00 bits per heavy atom. The number of amidine groups is 2. The Bertz CT molecular complexity index is 2000. The molecule has 0 radical (unpaired) electrons. The second-order valence-corrected chi connectivity index (χ2v) is 10.2. The standard InChI is InChI=1S/C38H26N4/c39-25-26-19-21-28(22-20-26)31-16-9-10-18-33(31)35-32-17-8-7-11-27(32)23-24-34(35)38-41-36(29-12-3-1-4-13-29)40-37(42-38)30-14-5-2-6-15-30/h1-24,36H,(H,40,41,42). The molecule has 6 aromatic carbocycles. The molecule has 0 aliphatic carbocycles. The highest BCUT2D eigenvalue weighted by atomic mass is 15.2. The van der Waals surface area contributed by atoms with Crippen molar-refractivity contribution in [1.29, 1.82) is 5.26 Å². The molecule has 1 unspecified atom stereocenters. The minimum atomic E-state index is -0.290. The number of nitrogens with zero attached hydrogens (tertiary/aromatic N) is 3. The number of rotatable bonds is 5. The first kappa shape index (κ1) is 25.2. The van der Waals surface area contributed by atoms with Gasteiger partial charge in [-0.25, -0.2) is 9.98 Å². The first-order chi connectivity index (χ1) is 20.8. The molecule has 198 valence electrons.